The largest absolute Gasteiger partial charge is 0.327 e. The van der Waals surface area contributed by atoms with Crippen LogP contribution in [0.1, 0.15) is 19.3 Å². The van der Waals surface area contributed by atoms with E-state index in [0.29, 0.717) is 6.04 Å². The van der Waals surface area contributed by atoms with E-state index in [1.54, 1.807) is 0 Å². The summed E-state index contributed by atoms with van der Waals surface area (Å²) in [6.07, 6.45) is 4.17. The highest BCUT2D eigenvalue weighted by atomic mass is 14.7. The van der Waals surface area contributed by atoms with Gasteiger partial charge in [-0.05, 0) is 31.1 Å². The monoisotopic (exact) mass is 97.1 g/mol. The topological polar surface area (TPSA) is 26.0 Å². The molecule has 2 N–H and O–H groups in total. The second-order valence-corrected chi connectivity index (χ2v) is 2.90. The second kappa shape index (κ2) is 1.03. The van der Waals surface area contributed by atoms with E-state index in [2.05, 4.69) is 0 Å². The first kappa shape index (κ1) is 3.90. The molecule has 40 valence electrons. The lowest BCUT2D eigenvalue weighted by atomic mass is 10.2. The fourth-order valence-corrected chi connectivity index (χ4v) is 1.75. The maximum absolute atomic E-state index is 5.72. The Morgan fingerprint density at radius 2 is 2.14 bits per heavy atom. The van der Waals surface area contributed by atoms with Crippen LogP contribution in [-0.2, 0) is 0 Å². The summed E-state index contributed by atoms with van der Waals surface area (Å²) < 4.78 is 0. The minimum absolute atomic E-state index is 0.588. The fraction of sp³-hybridized carbons (Fsp3) is 1.00. The first-order chi connectivity index (χ1) is 3.38. The molecule has 2 aliphatic carbocycles. The lowest BCUT2D eigenvalue weighted by Gasteiger charge is -1.99. The first-order valence-electron chi connectivity index (χ1n) is 3.13. The van der Waals surface area contributed by atoms with Gasteiger partial charge in [-0.3, -0.25) is 0 Å². The average molecular weight is 97.2 g/mol. The molecule has 0 aromatic heterocycles. The van der Waals surface area contributed by atoms with Gasteiger partial charge in [0.05, 0.1) is 0 Å². The summed E-state index contributed by atoms with van der Waals surface area (Å²) in [4.78, 5) is 0. The number of hydrogen-bond donors (Lipinski definition) is 1. The van der Waals surface area contributed by atoms with E-state index in [4.69, 9.17) is 5.73 Å². The number of rotatable bonds is 0. The van der Waals surface area contributed by atoms with Crippen molar-refractivity contribution in [2.45, 2.75) is 25.3 Å². The van der Waals surface area contributed by atoms with Gasteiger partial charge in [-0.25, -0.2) is 0 Å². The summed E-state index contributed by atoms with van der Waals surface area (Å²) >= 11 is 0. The predicted octanol–water partition coefficient (Wildman–Crippen LogP) is 0.744. The third-order valence-electron chi connectivity index (χ3n) is 2.40. The molecule has 0 heterocycles. The van der Waals surface area contributed by atoms with Crippen molar-refractivity contribution in [1.29, 1.82) is 0 Å². The molecule has 2 rings (SSSR count). The molecule has 0 saturated heterocycles. The van der Waals surface area contributed by atoms with Crippen molar-refractivity contribution in [2.75, 3.05) is 0 Å². The summed E-state index contributed by atoms with van der Waals surface area (Å²) in [7, 11) is 0. The molecule has 0 radical (unpaired) electrons. The van der Waals surface area contributed by atoms with Gasteiger partial charge in [0.1, 0.15) is 0 Å². The molecule has 7 heavy (non-hydrogen) atoms. The Morgan fingerprint density at radius 3 is 2.29 bits per heavy atom. The van der Waals surface area contributed by atoms with Crippen LogP contribution in [0, 0.1) is 11.8 Å². The molecule has 0 unspecified atom stereocenters. The van der Waals surface area contributed by atoms with Crippen LogP contribution in [-0.4, -0.2) is 6.04 Å². The van der Waals surface area contributed by atoms with E-state index in [1.807, 2.05) is 0 Å². The van der Waals surface area contributed by atoms with Crippen molar-refractivity contribution in [3.63, 3.8) is 0 Å². The van der Waals surface area contributed by atoms with Crippen LogP contribution >= 0.6 is 0 Å². The van der Waals surface area contributed by atoms with Crippen molar-refractivity contribution < 1.29 is 0 Å². The highest BCUT2D eigenvalue weighted by Crippen LogP contribution is 2.50. The number of hydrogen-bond acceptors (Lipinski definition) is 1. The van der Waals surface area contributed by atoms with E-state index in [0.717, 1.165) is 11.8 Å². The van der Waals surface area contributed by atoms with Crippen molar-refractivity contribution in [2.24, 2.45) is 17.6 Å². The van der Waals surface area contributed by atoms with Crippen LogP contribution in [0.4, 0.5) is 0 Å². The van der Waals surface area contributed by atoms with Crippen LogP contribution in [0.3, 0.4) is 0 Å². The van der Waals surface area contributed by atoms with Gasteiger partial charge in [-0.15, -0.1) is 0 Å². The Kier molecular flexibility index (Phi) is 0.571. The van der Waals surface area contributed by atoms with Gasteiger partial charge < -0.3 is 5.73 Å². The Morgan fingerprint density at radius 1 is 1.29 bits per heavy atom. The summed E-state index contributed by atoms with van der Waals surface area (Å²) in [5, 5.41) is 0. The summed E-state index contributed by atoms with van der Waals surface area (Å²) in [5.41, 5.74) is 5.72. The van der Waals surface area contributed by atoms with Crippen LogP contribution in [0.2, 0.25) is 0 Å². The van der Waals surface area contributed by atoms with Gasteiger partial charge in [-0.1, -0.05) is 0 Å². The molecule has 2 saturated carbocycles. The van der Waals surface area contributed by atoms with Crippen LogP contribution in [0.15, 0.2) is 0 Å². The molecule has 0 amide bonds. The molecule has 0 spiro atoms. The van der Waals surface area contributed by atoms with Gasteiger partial charge in [0.25, 0.3) is 0 Å². The van der Waals surface area contributed by atoms with Gasteiger partial charge in [0.15, 0.2) is 0 Å². The zero-order chi connectivity index (χ0) is 4.85. The smallest absolute Gasteiger partial charge is 0.00700 e. The molecule has 3 atom stereocenters. The molecule has 0 aromatic carbocycles. The summed E-state index contributed by atoms with van der Waals surface area (Å²) in [6.45, 7) is 0. The van der Waals surface area contributed by atoms with Gasteiger partial charge in [0.2, 0.25) is 0 Å². The Hall–Kier alpha value is -0.0400. The zero-order valence-corrected chi connectivity index (χ0v) is 4.43. The molecular formula is C6H11N. The molecular weight excluding hydrogens is 86.1 g/mol. The molecule has 0 aliphatic heterocycles. The third-order valence-corrected chi connectivity index (χ3v) is 2.40. The SMILES string of the molecule is N[C@H]1CC[C@H]2C[C@H]21. The minimum Gasteiger partial charge on any atom is -0.327 e. The van der Waals surface area contributed by atoms with Crippen molar-refractivity contribution in [3.8, 4) is 0 Å². The summed E-state index contributed by atoms with van der Waals surface area (Å²) in [6, 6.07) is 0.588. The van der Waals surface area contributed by atoms with Crippen LogP contribution in [0.25, 0.3) is 0 Å². The van der Waals surface area contributed by atoms with E-state index in [-0.39, 0.29) is 0 Å². The van der Waals surface area contributed by atoms with Crippen LogP contribution in [0.5, 0.6) is 0 Å². The maximum Gasteiger partial charge on any atom is 0.00700 e. The quantitative estimate of drug-likeness (QED) is 0.474. The highest BCUT2D eigenvalue weighted by Gasteiger charge is 2.45. The molecule has 2 fully saturated rings. The molecule has 1 heteroatoms. The Bertz CT molecular complexity index is 90.2. The number of fused-ring (bicyclic) bond motifs is 1. The lowest BCUT2D eigenvalue weighted by Crippen LogP contribution is -2.18. The van der Waals surface area contributed by atoms with Gasteiger partial charge in [-0.2, -0.15) is 0 Å². The Balaban J connectivity index is 2.08. The van der Waals surface area contributed by atoms with E-state index in [1.165, 1.54) is 19.3 Å². The maximum atomic E-state index is 5.72. The molecule has 0 bridgehead atoms. The lowest BCUT2D eigenvalue weighted by molar-refractivity contribution is 0.614. The molecule has 2 aliphatic rings. The zero-order valence-electron chi connectivity index (χ0n) is 4.43. The molecule has 1 nitrogen and oxygen atoms in total. The van der Waals surface area contributed by atoms with Crippen molar-refractivity contribution in [3.05, 3.63) is 0 Å². The van der Waals surface area contributed by atoms with Gasteiger partial charge >= 0.3 is 0 Å². The predicted molar refractivity (Wildman–Crippen MR) is 28.8 cm³/mol. The average Bonchev–Trinajstić information content (AvgIpc) is 2.33. The highest BCUT2D eigenvalue weighted by molar-refractivity contribution is 4.99. The van der Waals surface area contributed by atoms with Crippen molar-refractivity contribution >= 4 is 0 Å². The minimum atomic E-state index is 0.588. The van der Waals surface area contributed by atoms with Gasteiger partial charge in [0, 0.05) is 6.04 Å². The number of nitrogens with two attached hydrogens (primary N) is 1. The van der Waals surface area contributed by atoms with E-state index in [9.17, 15) is 0 Å². The fourth-order valence-electron chi connectivity index (χ4n) is 1.75. The van der Waals surface area contributed by atoms with E-state index < -0.39 is 0 Å². The standard InChI is InChI=1S/C6H11N/c7-6-2-1-4-3-5(4)6/h4-6H,1-3,7H2/t4-,5+,6-/m0/s1. The third kappa shape index (κ3) is 0.418. The molecule has 0 aromatic rings. The first-order valence-corrected chi connectivity index (χ1v) is 3.13. The van der Waals surface area contributed by atoms with Crippen LogP contribution < -0.4 is 5.73 Å². The van der Waals surface area contributed by atoms with E-state index >= 15 is 0 Å². The Labute approximate surface area is 43.9 Å². The van der Waals surface area contributed by atoms with Crippen molar-refractivity contribution in [1.82, 2.24) is 0 Å². The second-order valence-electron chi connectivity index (χ2n) is 2.90. The summed E-state index contributed by atoms with van der Waals surface area (Å²) in [5.74, 6) is 2.02. The normalized spacial score (nSPS) is 57.0.